The molecule has 0 radical (unpaired) electrons. The first-order chi connectivity index (χ1) is 12.4. The van der Waals surface area contributed by atoms with E-state index in [1.165, 1.54) is 10.8 Å². The zero-order valence-electron chi connectivity index (χ0n) is 15.2. The number of ether oxygens (including phenoxy) is 1. The fraction of sp³-hybridized carbons (Fsp3) is 0.238. The number of rotatable bonds is 5. The topological polar surface area (TPSA) is 74.3 Å². The second-order valence-corrected chi connectivity index (χ2v) is 6.67. The molecule has 26 heavy (non-hydrogen) atoms. The van der Waals surface area contributed by atoms with Gasteiger partial charge in [0.15, 0.2) is 6.61 Å². The minimum Gasteiger partial charge on any atom is -0.483 e. The first-order valence-corrected chi connectivity index (χ1v) is 8.55. The highest BCUT2D eigenvalue weighted by atomic mass is 16.5. The molecule has 2 N–H and O–H groups in total. The van der Waals surface area contributed by atoms with Gasteiger partial charge in [-0.3, -0.25) is 14.2 Å². The van der Waals surface area contributed by atoms with E-state index in [2.05, 4.69) is 13.8 Å². The molecule has 0 aliphatic heterocycles. The number of primary amides is 1. The molecule has 134 valence electrons. The number of hydrogen-bond donors (Lipinski definition) is 1. The van der Waals surface area contributed by atoms with Crippen LogP contribution in [0.1, 0.15) is 46.0 Å². The molecular formula is C21H22N2O3. The van der Waals surface area contributed by atoms with Crippen LogP contribution in [0.3, 0.4) is 0 Å². The molecule has 0 saturated heterocycles. The van der Waals surface area contributed by atoms with Gasteiger partial charge in [-0.15, -0.1) is 0 Å². The van der Waals surface area contributed by atoms with Crippen LogP contribution < -0.4 is 10.5 Å². The standard InChI is InChI=1S/C21H22N2O3/c1-13(2)15-9-8-14(3)10-19(15)26-12-20(24)23-11-17(21(22)25)16-6-4-5-7-18(16)23/h4-11,13H,12H2,1-3H3,(H2,22,25). The summed E-state index contributed by atoms with van der Waals surface area (Å²) in [7, 11) is 0. The number of nitrogens with zero attached hydrogens (tertiary/aromatic N) is 1. The number of benzene rings is 2. The molecule has 3 rings (SSSR count). The normalized spacial score (nSPS) is 11.1. The maximum atomic E-state index is 12.7. The summed E-state index contributed by atoms with van der Waals surface area (Å²) in [4.78, 5) is 24.4. The number of carbonyl (C=O) groups is 2. The summed E-state index contributed by atoms with van der Waals surface area (Å²) in [5.74, 6) is 0.175. The molecule has 2 aromatic carbocycles. The zero-order chi connectivity index (χ0) is 18.8. The first kappa shape index (κ1) is 17.7. The quantitative estimate of drug-likeness (QED) is 0.758. The summed E-state index contributed by atoms with van der Waals surface area (Å²) < 4.78 is 7.26. The van der Waals surface area contributed by atoms with Crippen LogP contribution in [0.25, 0.3) is 10.9 Å². The Bertz CT molecular complexity index is 986. The molecule has 0 aliphatic carbocycles. The summed E-state index contributed by atoms with van der Waals surface area (Å²) in [6, 6.07) is 13.2. The van der Waals surface area contributed by atoms with Gasteiger partial charge in [-0.1, -0.05) is 44.2 Å². The van der Waals surface area contributed by atoms with Crippen molar-refractivity contribution in [2.75, 3.05) is 6.61 Å². The van der Waals surface area contributed by atoms with E-state index in [-0.39, 0.29) is 18.4 Å². The highest BCUT2D eigenvalue weighted by molar-refractivity contribution is 6.08. The van der Waals surface area contributed by atoms with Crippen molar-refractivity contribution in [1.82, 2.24) is 4.57 Å². The summed E-state index contributed by atoms with van der Waals surface area (Å²) in [5.41, 5.74) is 8.52. The van der Waals surface area contributed by atoms with Crippen molar-refractivity contribution in [3.63, 3.8) is 0 Å². The maximum Gasteiger partial charge on any atom is 0.269 e. The Morgan fingerprint density at radius 2 is 1.88 bits per heavy atom. The average Bonchev–Trinajstić information content (AvgIpc) is 2.99. The number of para-hydroxylation sites is 1. The molecule has 3 aromatic rings. The molecule has 0 bridgehead atoms. The first-order valence-electron chi connectivity index (χ1n) is 8.55. The molecule has 0 unspecified atom stereocenters. The lowest BCUT2D eigenvalue weighted by Gasteiger charge is -2.14. The largest absolute Gasteiger partial charge is 0.483 e. The smallest absolute Gasteiger partial charge is 0.269 e. The van der Waals surface area contributed by atoms with E-state index in [1.54, 1.807) is 12.1 Å². The fourth-order valence-corrected chi connectivity index (χ4v) is 3.03. The summed E-state index contributed by atoms with van der Waals surface area (Å²) in [5, 5.41) is 0.659. The van der Waals surface area contributed by atoms with Crippen LogP contribution >= 0.6 is 0 Å². The van der Waals surface area contributed by atoms with Gasteiger partial charge in [0.05, 0.1) is 11.1 Å². The summed E-state index contributed by atoms with van der Waals surface area (Å²) in [6.45, 7) is 6.02. The van der Waals surface area contributed by atoms with Gasteiger partial charge in [0, 0.05) is 11.6 Å². The van der Waals surface area contributed by atoms with Gasteiger partial charge in [-0.2, -0.15) is 0 Å². The monoisotopic (exact) mass is 350 g/mol. The third-order valence-electron chi connectivity index (χ3n) is 4.39. The van der Waals surface area contributed by atoms with Crippen molar-refractivity contribution in [3.05, 3.63) is 65.4 Å². The van der Waals surface area contributed by atoms with Crippen molar-refractivity contribution in [2.45, 2.75) is 26.7 Å². The number of aromatic nitrogens is 1. The molecule has 1 heterocycles. The third-order valence-corrected chi connectivity index (χ3v) is 4.39. The number of nitrogens with two attached hydrogens (primary N) is 1. The minimum absolute atomic E-state index is 0.125. The van der Waals surface area contributed by atoms with E-state index in [0.717, 1.165) is 11.1 Å². The number of carbonyl (C=O) groups excluding carboxylic acids is 2. The lowest BCUT2D eigenvalue weighted by atomic mass is 10.0. The lowest BCUT2D eigenvalue weighted by molar-refractivity contribution is 0.0842. The van der Waals surface area contributed by atoms with E-state index < -0.39 is 5.91 Å². The van der Waals surface area contributed by atoms with Crippen molar-refractivity contribution in [3.8, 4) is 5.75 Å². The highest BCUT2D eigenvalue weighted by Gasteiger charge is 2.17. The minimum atomic E-state index is -0.561. The predicted molar refractivity (Wildman–Crippen MR) is 102 cm³/mol. The maximum absolute atomic E-state index is 12.7. The molecule has 5 nitrogen and oxygen atoms in total. The van der Waals surface area contributed by atoms with Gasteiger partial charge in [-0.05, 0) is 36.1 Å². The van der Waals surface area contributed by atoms with Crippen LogP contribution in [0, 0.1) is 6.92 Å². The van der Waals surface area contributed by atoms with E-state index >= 15 is 0 Å². The summed E-state index contributed by atoms with van der Waals surface area (Å²) >= 11 is 0. The van der Waals surface area contributed by atoms with Gasteiger partial charge in [-0.25, -0.2) is 0 Å². The SMILES string of the molecule is Cc1ccc(C(C)C)c(OCC(=O)n2cc(C(N)=O)c3ccccc32)c1. The predicted octanol–water partition coefficient (Wildman–Crippen LogP) is 3.89. The number of amides is 1. The van der Waals surface area contributed by atoms with Gasteiger partial charge in [0.2, 0.25) is 0 Å². The Balaban J connectivity index is 1.89. The van der Waals surface area contributed by atoms with Crippen molar-refractivity contribution in [1.29, 1.82) is 0 Å². The second-order valence-electron chi connectivity index (χ2n) is 6.67. The van der Waals surface area contributed by atoms with Crippen molar-refractivity contribution < 1.29 is 14.3 Å². The molecule has 5 heteroatoms. The second kappa shape index (κ2) is 7.04. The van der Waals surface area contributed by atoms with E-state index in [0.29, 0.717) is 22.2 Å². The van der Waals surface area contributed by atoms with Crippen LogP contribution in [0.15, 0.2) is 48.7 Å². The Hall–Kier alpha value is -3.08. The van der Waals surface area contributed by atoms with Gasteiger partial charge < -0.3 is 10.5 Å². The molecule has 0 spiro atoms. The molecule has 1 aromatic heterocycles. The molecular weight excluding hydrogens is 328 g/mol. The van der Waals surface area contributed by atoms with Crippen LogP contribution in [-0.4, -0.2) is 23.0 Å². The van der Waals surface area contributed by atoms with Crippen molar-refractivity contribution in [2.24, 2.45) is 5.73 Å². The highest BCUT2D eigenvalue weighted by Crippen LogP contribution is 2.28. The van der Waals surface area contributed by atoms with Crippen LogP contribution in [0.4, 0.5) is 0 Å². The van der Waals surface area contributed by atoms with Crippen LogP contribution in [0.5, 0.6) is 5.75 Å². The Morgan fingerprint density at radius 1 is 1.15 bits per heavy atom. The number of fused-ring (bicyclic) bond motifs is 1. The number of hydrogen-bond acceptors (Lipinski definition) is 3. The van der Waals surface area contributed by atoms with Crippen molar-refractivity contribution >= 4 is 22.7 Å². The van der Waals surface area contributed by atoms with E-state index in [4.69, 9.17) is 10.5 Å². The van der Waals surface area contributed by atoms with Crippen LogP contribution in [-0.2, 0) is 0 Å². The molecule has 0 fully saturated rings. The van der Waals surface area contributed by atoms with E-state index in [9.17, 15) is 9.59 Å². The summed E-state index contributed by atoms with van der Waals surface area (Å²) in [6.07, 6.45) is 1.48. The van der Waals surface area contributed by atoms with Gasteiger partial charge in [0.1, 0.15) is 5.75 Å². The zero-order valence-corrected chi connectivity index (χ0v) is 15.2. The Morgan fingerprint density at radius 3 is 2.58 bits per heavy atom. The third kappa shape index (κ3) is 3.33. The fourth-order valence-electron chi connectivity index (χ4n) is 3.03. The molecule has 0 aliphatic rings. The molecule has 0 atom stereocenters. The molecule has 0 saturated carbocycles. The van der Waals surface area contributed by atoms with E-state index in [1.807, 2.05) is 37.3 Å². The lowest BCUT2D eigenvalue weighted by Crippen LogP contribution is -2.19. The number of aryl methyl sites for hydroxylation is 1. The Kier molecular flexibility index (Phi) is 4.80. The van der Waals surface area contributed by atoms with Crippen LogP contribution in [0.2, 0.25) is 0 Å². The Labute approximate surface area is 152 Å². The van der Waals surface area contributed by atoms with Gasteiger partial charge in [0.25, 0.3) is 11.8 Å². The van der Waals surface area contributed by atoms with Gasteiger partial charge >= 0.3 is 0 Å². The molecule has 1 amide bonds. The average molecular weight is 350 g/mol.